The second kappa shape index (κ2) is 30.0. The summed E-state index contributed by atoms with van der Waals surface area (Å²) in [5.41, 5.74) is 0. The minimum Gasteiger partial charge on any atom is -0.456 e. The normalized spacial score (nSPS) is 21.4. The summed E-state index contributed by atoms with van der Waals surface area (Å²) in [5.74, 6) is 17.9. The number of esters is 2. The van der Waals surface area contributed by atoms with Crippen LogP contribution >= 0.6 is 23.5 Å². The fourth-order valence-electron chi connectivity index (χ4n) is 5.34. The van der Waals surface area contributed by atoms with Crippen molar-refractivity contribution in [3.8, 4) is 59.7 Å². The number of aliphatic hydroxyl groups excluding tert-OH is 3. The van der Waals surface area contributed by atoms with E-state index in [0.717, 1.165) is 25.7 Å². The van der Waals surface area contributed by atoms with Crippen molar-refractivity contribution in [3.63, 3.8) is 0 Å². The van der Waals surface area contributed by atoms with Crippen molar-refractivity contribution >= 4 is 35.4 Å². The van der Waals surface area contributed by atoms with Gasteiger partial charge in [0.1, 0.15) is 43.2 Å². The van der Waals surface area contributed by atoms with Crippen LogP contribution in [0.3, 0.4) is 0 Å². The highest BCUT2D eigenvalue weighted by Gasteiger charge is 2.56. The van der Waals surface area contributed by atoms with E-state index in [-0.39, 0.29) is 25.4 Å². The molecule has 1 saturated carbocycles. The maximum atomic E-state index is 12.9. The molecule has 0 aromatic carbocycles. The summed E-state index contributed by atoms with van der Waals surface area (Å²) < 4.78 is 64.3. The smallest absolute Gasteiger partial charge is 0.456 e. The summed E-state index contributed by atoms with van der Waals surface area (Å²) in [5, 5.41) is 31.6. The van der Waals surface area contributed by atoms with Crippen LogP contribution in [0.25, 0.3) is 0 Å². The SMILES string of the molecule is C#CC#CC#CC#CC#CC(=O)OC[C@H](COP(=O)(O)OC1C(O)[C@@H](OP(=O)(O)O)C(OP(=O)(O)O)[C@@H](O)[C@H]1O)OC(=O)CCCCCCCCCCCCCCC.N.[HH].[HH].[HH].[HH].[HH].[HH].[HH].[HH].[HH]. The maximum absolute atomic E-state index is 12.9. The van der Waals surface area contributed by atoms with Crippen LogP contribution < -0.4 is 6.15 Å². The Labute approximate surface area is 357 Å². The van der Waals surface area contributed by atoms with Crippen molar-refractivity contribution in [2.24, 2.45) is 0 Å². The molecule has 0 aliphatic heterocycles. The summed E-state index contributed by atoms with van der Waals surface area (Å²) in [4.78, 5) is 72.1. The number of phosphoric ester groups is 3. The highest BCUT2D eigenvalue weighted by molar-refractivity contribution is 7.47. The summed E-state index contributed by atoms with van der Waals surface area (Å²) in [6.07, 6.45) is 2.00. The zero-order valence-electron chi connectivity index (χ0n) is 32.5. The van der Waals surface area contributed by atoms with Crippen LogP contribution in [-0.4, -0.2) is 108 Å². The predicted octanol–water partition coefficient (Wildman–Crippen LogP) is 4.50. The second-order valence-corrected chi connectivity index (χ2v) is 16.6. The van der Waals surface area contributed by atoms with E-state index in [4.69, 9.17) is 34.7 Å². The Kier molecular flexibility index (Phi) is 28.4. The van der Waals surface area contributed by atoms with Gasteiger partial charge in [0.2, 0.25) is 0 Å². The van der Waals surface area contributed by atoms with Crippen molar-refractivity contribution < 1.29 is 103 Å². The Morgan fingerprint density at radius 2 is 1.07 bits per heavy atom. The third-order valence-electron chi connectivity index (χ3n) is 8.01. The van der Waals surface area contributed by atoms with E-state index in [9.17, 15) is 53.3 Å². The predicted molar refractivity (Wildman–Crippen MR) is 228 cm³/mol. The minimum absolute atomic E-state index is 0. The molecule has 0 heterocycles. The van der Waals surface area contributed by atoms with E-state index in [2.05, 4.69) is 57.4 Å². The second-order valence-electron chi connectivity index (χ2n) is 12.8. The number of unbranched alkanes of at least 4 members (excludes halogenated alkanes) is 12. The van der Waals surface area contributed by atoms with Crippen molar-refractivity contribution in [3.05, 3.63) is 0 Å². The van der Waals surface area contributed by atoms with Crippen molar-refractivity contribution in [1.29, 1.82) is 0 Å². The van der Waals surface area contributed by atoms with Crippen LogP contribution in [0.1, 0.15) is 110 Å². The standard InChI is InChI=1S/C36H51O19P3.H3N.9H2/c1-3-5-7-9-11-13-14-15-16-17-19-21-23-25-30(38)52-28(26-50-29(37)24-22-20-18-12-10-8-6-4-2)27-51-58(48,49)55-34-31(39)32(40)35(53-56(42,43)44)36(33(34)41)54-57(45,46)47;;;;;;;;;;/h2,28,31-36,39-41H,3,5,7,9,11,13-17,19,21,23,25-27H2,1H3,(H,48,49)(H2,42,43,44)(H2,45,46,47);1H3;9*1H/t28-,31-,32+,33?,34?,35?,36-;;;;;;;;;;/m1........../s1. The highest BCUT2D eigenvalue weighted by atomic mass is 31.2. The van der Waals surface area contributed by atoms with Gasteiger partial charge in [-0.1, -0.05) is 84.0 Å². The zero-order valence-corrected chi connectivity index (χ0v) is 35.2. The summed E-state index contributed by atoms with van der Waals surface area (Å²) >= 11 is 0. The molecule has 0 aromatic heterocycles. The molecule has 8 atom stereocenters. The molecular formula is C36H72NO19P3. The molecule has 1 aliphatic rings. The van der Waals surface area contributed by atoms with Crippen LogP contribution in [0, 0.1) is 59.7 Å². The molecule has 59 heavy (non-hydrogen) atoms. The number of phosphoric acid groups is 3. The van der Waals surface area contributed by atoms with Gasteiger partial charge in [-0.25, -0.2) is 18.5 Å². The fourth-order valence-corrected chi connectivity index (χ4v) is 7.44. The summed E-state index contributed by atoms with van der Waals surface area (Å²) in [7, 11) is -16.7. The van der Waals surface area contributed by atoms with Crippen LogP contribution in [0.2, 0.25) is 0 Å². The number of ether oxygens (including phenoxy) is 2. The van der Waals surface area contributed by atoms with Crippen molar-refractivity contribution in [2.45, 2.75) is 140 Å². The van der Waals surface area contributed by atoms with Crippen molar-refractivity contribution in [2.75, 3.05) is 13.2 Å². The van der Waals surface area contributed by atoms with Gasteiger partial charge in [0.25, 0.3) is 0 Å². The molecule has 1 fully saturated rings. The van der Waals surface area contributed by atoms with Gasteiger partial charge in [0.15, 0.2) is 6.10 Å². The molecule has 350 valence electrons. The van der Waals surface area contributed by atoms with Gasteiger partial charge in [0, 0.05) is 25.2 Å². The number of hydrogen-bond donors (Lipinski definition) is 9. The number of aliphatic hydroxyl groups is 3. The number of hydrogen-bond acceptors (Lipinski definition) is 15. The van der Waals surface area contributed by atoms with Gasteiger partial charge in [0.05, 0.1) is 6.61 Å². The van der Waals surface area contributed by atoms with E-state index < -0.39 is 91.3 Å². The molecular weight excluding hydrogens is 843 g/mol. The van der Waals surface area contributed by atoms with Gasteiger partial charge >= 0.3 is 35.4 Å². The first-order chi connectivity index (χ1) is 27.3. The minimum atomic E-state index is -5.62. The van der Waals surface area contributed by atoms with Gasteiger partial charge in [-0.15, -0.1) is 6.42 Å². The van der Waals surface area contributed by atoms with Gasteiger partial charge in [-0.05, 0) is 53.8 Å². The maximum Gasteiger partial charge on any atom is 0.472 e. The Balaban J connectivity index is -0.000000420. The van der Waals surface area contributed by atoms with E-state index in [1.807, 2.05) is 11.8 Å². The van der Waals surface area contributed by atoms with Crippen LogP contribution in [-0.2, 0) is 50.9 Å². The van der Waals surface area contributed by atoms with E-state index >= 15 is 0 Å². The molecule has 4 unspecified atom stereocenters. The molecule has 0 spiro atoms. The number of carbonyl (C=O) groups is 2. The monoisotopic (exact) mass is 915 g/mol. The molecule has 0 bridgehead atoms. The molecule has 1 aliphatic carbocycles. The molecule has 20 nitrogen and oxygen atoms in total. The molecule has 1 rings (SSSR count). The molecule has 0 radical (unpaired) electrons. The molecule has 0 amide bonds. The summed E-state index contributed by atoms with van der Waals surface area (Å²) in [6, 6.07) is 0. The average molecular weight is 916 g/mol. The van der Waals surface area contributed by atoms with Gasteiger partial charge in [-0.3, -0.25) is 22.9 Å². The van der Waals surface area contributed by atoms with E-state index in [0.29, 0.717) is 12.8 Å². The number of terminal acetylenes is 1. The molecule has 0 aromatic rings. The first-order valence-corrected chi connectivity index (χ1v) is 22.9. The Morgan fingerprint density at radius 3 is 1.56 bits per heavy atom. The quantitative estimate of drug-likeness (QED) is 0.0190. The average Bonchev–Trinajstić information content (AvgIpc) is 3.14. The van der Waals surface area contributed by atoms with Crippen LogP contribution in [0.4, 0.5) is 0 Å². The van der Waals surface area contributed by atoms with Gasteiger partial charge < -0.3 is 55.4 Å². The lowest BCUT2D eigenvalue weighted by Gasteiger charge is -2.44. The molecule has 0 saturated heterocycles. The Bertz CT molecular complexity index is 1780. The van der Waals surface area contributed by atoms with E-state index in [1.54, 1.807) is 0 Å². The molecule has 23 heteroatoms. The number of carbonyl (C=O) groups excluding carboxylic acids is 2. The lowest BCUT2D eigenvalue weighted by Crippen LogP contribution is -2.65. The topological polar surface area (TPSA) is 338 Å². The Hall–Kier alpha value is -3.09. The summed E-state index contributed by atoms with van der Waals surface area (Å²) in [6.45, 7) is 0.379. The van der Waals surface area contributed by atoms with Gasteiger partial charge in [-0.2, -0.15) is 0 Å². The molecule has 11 N–H and O–H groups in total. The fraction of sp³-hybridized carbons (Fsp3) is 0.667. The largest absolute Gasteiger partial charge is 0.472 e. The van der Waals surface area contributed by atoms with E-state index in [1.165, 1.54) is 44.9 Å². The van der Waals surface area contributed by atoms with Crippen LogP contribution in [0.15, 0.2) is 0 Å². The first kappa shape index (κ1) is 55.9. The lowest BCUT2D eigenvalue weighted by molar-refractivity contribution is -0.213. The van der Waals surface area contributed by atoms with Crippen molar-refractivity contribution in [1.82, 2.24) is 6.15 Å². The zero-order chi connectivity index (χ0) is 43.6. The first-order valence-electron chi connectivity index (χ1n) is 18.3. The highest BCUT2D eigenvalue weighted by Crippen LogP contribution is 2.51. The van der Waals surface area contributed by atoms with Crippen LogP contribution in [0.5, 0.6) is 0 Å². The number of rotatable bonds is 26. The third kappa shape index (κ3) is 26.7. The Morgan fingerprint density at radius 1 is 0.627 bits per heavy atom. The lowest BCUT2D eigenvalue weighted by atomic mass is 9.85. The third-order valence-corrected chi connectivity index (χ3v) is 10.0.